The summed E-state index contributed by atoms with van der Waals surface area (Å²) in [4.78, 5) is 24.2. The maximum atomic E-state index is 12.2. The molecule has 0 aliphatic rings. The molecule has 110 valence electrons. The number of anilines is 1. The molecule has 0 radical (unpaired) electrons. The Morgan fingerprint density at radius 3 is 2.50 bits per heavy atom. The smallest absolute Gasteiger partial charge is 0.323 e. The first-order valence-corrected chi connectivity index (χ1v) is 6.36. The van der Waals surface area contributed by atoms with Crippen LogP contribution < -0.4 is 10.6 Å². The third-order valence-electron chi connectivity index (χ3n) is 2.65. The minimum absolute atomic E-state index is 0.318. The summed E-state index contributed by atoms with van der Waals surface area (Å²) in [5.74, 6) is -1.58. The molecule has 1 atom stereocenters. The predicted octanol–water partition coefficient (Wildman–Crippen LogP) is 1.12. The summed E-state index contributed by atoms with van der Waals surface area (Å²) in [5, 5.41) is 9.42. The normalized spacial score (nSPS) is 11.9. The lowest BCUT2D eigenvalue weighted by molar-refractivity contribution is -0.136. The van der Waals surface area contributed by atoms with E-state index in [0.29, 0.717) is 23.7 Å². The Morgan fingerprint density at radius 2 is 2.00 bits per heavy atom. The fourth-order valence-corrected chi connectivity index (χ4v) is 1.75. The second kappa shape index (κ2) is 7.84. The molecule has 1 aromatic rings. The zero-order chi connectivity index (χ0) is 15.1. The van der Waals surface area contributed by atoms with Crippen molar-refractivity contribution in [3.05, 3.63) is 29.3 Å². The van der Waals surface area contributed by atoms with Crippen molar-refractivity contribution in [3.8, 4) is 0 Å². The van der Waals surface area contributed by atoms with Crippen LogP contribution in [0.3, 0.4) is 0 Å². The first-order valence-electron chi connectivity index (χ1n) is 5.99. The molecular weight excluding hydrogens is 284 g/mol. The first kappa shape index (κ1) is 16.4. The van der Waals surface area contributed by atoms with Gasteiger partial charge in [0.15, 0.2) is 0 Å². The number of methoxy groups -OCH3 is 1. The van der Waals surface area contributed by atoms with Crippen LogP contribution in [-0.4, -0.2) is 43.3 Å². The molecule has 1 rings (SSSR count). The van der Waals surface area contributed by atoms with E-state index >= 15 is 0 Å². The van der Waals surface area contributed by atoms with Gasteiger partial charge in [-0.05, 0) is 30.7 Å². The van der Waals surface area contributed by atoms with E-state index < -0.39 is 24.5 Å². The Kier molecular flexibility index (Phi) is 6.44. The summed E-state index contributed by atoms with van der Waals surface area (Å²) in [5.41, 5.74) is 6.20. The summed E-state index contributed by atoms with van der Waals surface area (Å²) in [6.07, 6.45) is 0.318. The van der Waals surface area contributed by atoms with E-state index in [0.717, 1.165) is 4.90 Å². The summed E-state index contributed by atoms with van der Waals surface area (Å²) >= 11 is 5.77. The van der Waals surface area contributed by atoms with E-state index in [4.69, 9.17) is 27.2 Å². The quantitative estimate of drug-likeness (QED) is 0.787. The molecule has 0 bridgehead atoms. The topological polar surface area (TPSA) is 92.9 Å². The molecule has 0 saturated carbocycles. The average molecular weight is 301 g/mol. The number of benzene rings is 1. The van der Waals surface area contributed by atoms with Crippen LogP contribution in [0.1, 0.15) is 6.42 Å². The summed E-state index contributed by atoms with van der Waals surface area (Å²) in [7, 11) is 1.51. The molecule has 3 N–H and O–H groups in total. The van der Waals surface area contributed by atoms with Crippen LogP contribution in [0.25, 0.3) is 0 Å². The minimum Gasteiger partial charge on any atom is -0.480 e. The number of carbonyl (C=O) groups excluding carboxylic acids is 1. The average Bonchev–Trinajstić information content (AvgIpc) is 2.42. The van der Waals surface area contributed by atoms with Gasteiger partial charge in [0.05, 0.1) is 6.04 Å². The fourth-order valence-electron chi connectivity index (χ4n) is 1.62. The van der Waals surface area contributed by atoms with Crippen LogP contribution in [0.15, 0.2) is 24.3 Å². The van der Waals surface area contributed by atoms with Crippen molar-refractivity contribution in [1.29, 1.82) is 0 Å². The third-order valence-corrected chi connectivity index (χ3v) is 2.90. The maximum absolute atomic E-state index is 12.2. The van der Waals surface area contributed by atoms with Crippen LogP contribution in [0, 0.1) is 0 Å². The highest BCUT2D eigenvalue weighted by molar-refractivity contribution is 6.30. The van der Waals surface area contributed by atoms with E-state index in [9.17, 15) is 9.59 Å². The number of aliphatic carboxylic acids is 1. The molecule has 0 heterocycles. The van der Waals surface area contributed by atoms with Gasteiger partial charge in [0.1, 0.15) is 6.54 Å². The van der Waals surface area contributed by atoms with Gasteiger partial charge in [-0.2, -0.15) is 0 Å². The SMILES string of the molecule is COCCC(N)C(=O)N(CC(=O)O)c1ccc(Cl)cc1. The minimum atomic E-state index is -1.12. The van der Waals surface area contributed by atoms with Gasteiger partial charge in [-0.15, -0.1) is 0 Å². The number of halogens is 1. The molecule has 0 aliphatic carbocycles. The van der Waals surface area contributed by atoms with E-state index in [1.165, 1.54) is 7.11 Å². The van der Waals surface area contributed by atoms with Gasteiger partial charge in [-0.1, -0.05) is 11.6 Å². The van der Waals surface area contributed by atoms with Gasteiger partial charge < -0.3 is 15.6 Å². The highest BCUT2D eigenvalue weighted by atomic mass is 35.5. The monoisotopic (exact) mass is 300 g/mol. The molecule has 0 spiro atoms. The highest BCUT2D eigenvalue weighted by Crippen LogP contribution is 2.19. The molecule has 0 aromatic heterocycles. The second-order valence-electron chi connectivity index (χ2n) is 4.18. The van der Waals surface area contributed by atoms with E-state index in [2.05, 4.69) is 0 Å². The fraction of sp³-hybridized carbons (Fsp3) is 0.385. The number of carbonyl (C=O) groups is 2. The van der Waals surface area contributed by atoms with E-state index in [1.54, 1.807) is 24.3 Å². The van der Waals surface area contributed by atoms with Gasteiger partial charge >= 0.3 is 5.97 Å². The molecule has 20 heavy (non-hydrogen) atoms. The lowest BCUT2D eigenvalue weighted by Gasteiger charge is -2.24. The van der Waals surface area contributed by atoms with Crippen LogP contribution in [0.4, 0.5) is 5.69 Å². The summed E-state index contributed by atoms with van der Waals surface area (Å²) in [6.45, 7) is -0.129. The highest BCUT2D eigenvalue weighted by Gasteiger charge is 2.24. The van der Waals surface area contributed by atoms with Crippen LogP contribution in [0.2, 0.25) is 5.02 Å². The number of carboxylic acid groups (broad SMARTS) is 1. The zero-order valence-corrected chi connectivity index (χ0v) is 11.8. The number of hydrogen-bond acceptors (Lipinski definition) is 4. The number of amides is 1. The summed E-state index contributed by atoms with van der Waals surface area (Å²) in [6, 6.07) is 5.50. The third kappa shape index (κ3) is 4.80. The number of rotatable bonds is 7. The van der Waals surface area contributed by atoms with Gasteiger partial charge in [0.25, 0.3) is 0 Å². The lowest BCUT2D eigenvalue weighted by Crippen LogP contribution is -2.46. The number of carboxylic acids is 1. The van der Waals surface area contributed by atoms with Crippen molar-refractivity contribution < 1.29 is 19.4 Å². The molecule has 1 aromatic carbocycles. The Bertz CT molecular complexity index is 464. The second-order valence-corrected chi connectivity index (χ2v) is 4.62. The van der Waals surface area contributed by atoms with Crippen LogP contribution in [-0.2, 0) is 14.3 Å². The molecule has 0 aliphatic heterocycles. The number of nitrogens with two attached hydrogens (primary N) is 1. The lowest BCUT2D eigenvalue weighted by atomic mass is 10.1. The Labute approximate surface area is 122 Å². The number of ether oxygens (including phenoxy) is 1. The van der Waals surface area contributed by atoms with Crippen molar-refractivity contribution in [1.82, 2.24) is 0 Å². The van der Waals surface area contributed by atoms with Gasteiger partial charge in [0, 0.05) is 24.4 Å². The molecule has 0 fully saturated rings. The standard InChI is InChI=1S/C13H17ClN2O4/c1-20-7-6-11(15)13(19)16(8-12(17)18)10-4-2-9(14)3-5-10/h2-5,11H,6-8,15H2,1H3,(H,17,18). The summed E-state index contributed by atoms with van der Waals surface area (Å²) < 4.78 is 4.86. The molecular formula is C13H17ClN2O4. The van der Waals surface area contributed by atoms with Crippen molar-refractivity contribution in [2.24, 2.45) is 5.73 Å². The number of nitrogens with zero attached hydrogens (tertiary/aromatic N) is 1. The van der Waals surface area contributed by atoms with Crippen molar-refractivity contribution in [2.45, 2.75) is 12.5 Å². The van der Waals surface area contributed by atoms with Gasteiger partial charge in [-0.3, -0.25) is 14.5 Å². The van der Waals surface area contributed by atoms with Crippen molar-refractivity contribution >= 4 is 29.2 Å². The van der Waals surface area contributed by atoms with Crippen LogP contribution in [0.5, 0.6) is 0 Å². The number of hydrogen-bond donors (Lipinski definition) is 2. The van der Waals surface area contributed by atoms with Crippen molar-refractivity contribution in [3.63, 3.8) is 0 Å². The molecule has 1 unspecified atom stereocenters. The first-order chi connectivity index (χ1) is 9.45. The Morgan fingerprint density at radius 1 is 1.40 bits per heavy atom. The molecule has 7 heteroatoms. The zero-order valence-electron chi connectivity index (χ0n) is 11.1. The molecule has 6 nitrogen and oxygen atoms in total. The van der Waals surface area contributed by atoms with E-state index in [1.807, 2.05) is 0 Å². The largest absolute Gasteiger partial charge is 0.480 e. The Balaban J connectivity index is 2.91. The predicted molar refractivity (Wildman–Crippen MR) is 75.9 cm³/mol. The Hall–Kier alpha value is -1.63. The van der Waals surface area contributed by atoms with Crippen LogP contribution >= 0.6 is 11.6 Å². The van der Waals surface area contributed by atoms with E-state index in [-0.39, 0.29) is 0 Å². The molecule has 0 saturated heterocycles. The van der Waals surface area contributed by atoms with Gasteiger partial charge in [0.2, 0.25) is 5.91 Å². The van der Waals surface area contributed by atoms with Gasteiger partial charge in [-0.25, -0.2) is 0 Å². The maximum Gasteiger partial charge on any atom is 0.323 e. The molecule has 1 amide bonds. The van der Waals surface area contributed by atoms with Crippen molar-refractivity contribution in [2.75, 3.05) is 25.2 Å².